The molecule has 18 heavy (non-hydrogen) atoms. The number of hydrogen-bond donors (Lipinski definition) is 1. The van der Waals surface area contributed by atoms with Crippen LogP contribution in [0.4, 0.5) is 5.69 Å². The van der Waals surface area contributed by atoms with Crippen molar-refractivity contribution >= 4 is 33.2 Å². The molecule has 0 saturated heterocycles. The van der Waals surface area contributed by atoms with Crippen LogP contribution in [-0.4, -0.2) is 17.1 Å². The Bertz CT molecular complexity index is 536. The fraction of sp³-hybridized carbons (Fsp3) is 0.167. The monoisotopic (exact) mass is 327 g/mol. The first-order chi connectivity index (χ1) is 8.70. The minimum Gasteiger partial charge on any atom is -0.493 e. The van der Waals surface area contributed by atoms with Gasteiger partial charge in [0, 0.05) is 29.5 Å². The number of ether oxygens (including phenoxy) is 1. The van der Waals surface area contributed by atoms with Gasteiger partial charge < -0.3 is 10.1 Å². The lowest BCUT2D eigenvalue weighted by Gasteiger charge is -2.13. The summed E-state index contributed by atoms with van der Waals surface area (Å²) in [5, 5.41) is 3.88. The van der Waals surface area contributed by atoms with Gasteiger partial charge in [0.05, 0.1) is 17.3 Å². The molecule has 0 saturated carbocycles. The lowest BCUT2D eigenvalue weighted by atomic mass is 10.2. The smallest absolute Gasteiger partial charge is 0.156 e. The zero-order chi connectivity index (χ0) is 13.0. The minimum absolute atomic E-state index is 0.601. The zero-order valence-corrected chi connectivity index (χ0v) is 12.0. The van der Waals surface area contributed by atoms with Crippen LogP contribution in [0.2, 0.25) is 5.02 Å². The average molecular weight is 329 g/mol. The Morgan fingerprint density at radius 3 is 2.72 bits per heavy atom. The molecule has 0 spiro atoms. The molecule has 1 aromatic heterocycles. The lowest BCUT2D eigenvalue weighted by molar-refractivity contribution is 0.414. The summed E-state index contributed by atoms with van der Waals surface area (Å²) in [6.45, 7) is 0.601. The molecule has 0 amide bonds. The van der Waals surface area contributed by atoms with Crippen molar-refractivity contribution in [1.29, 1.82) is 0 Å². The zero-order valence-electron chi connectivity index (χ0n) is 9.65. The number of halogens is 2. The van der Waals surface area contributed by atoms with E-state index in [-0.39, 0.29) is 0 Å². The molecule has 0 aliphatic carbocycles. The normalized spacial score (nSPS) is 10.2. The molecule has 0 aliphatic heterocycles. The minimum atomic E-state index is 0.601. The van der Waals surface area contributed by atoms with E-state index in [2.05, 4.69) is 31.2 Å². The highest BCUT2D eigenvalue weighted by atomic mass is 79.9. The number of benzene rings is 1. The van der Waals surface area contributed by atoms with Gasteiger partial charge in [0.2, 0.25) is 0 Å². The first kappa shape index (κ1) is 13.1. The molecule has 0 fully saturated rings. The SMILES string of the molecule is COc1c(Br)cc(Cl)cc1NCc1cncnc1. The lowest BCUT2D eigenvalue weighted by Crippen LogP contribution is -2.02. The molecule has 0 unspecified atom stereocenters. The second kappa shape index (κ2) is 6.02. The maximum absolute atomic E-state index is 6.01. The maximum atomic E-state index is 6.01. The van der Waals surface area contributed by atoms with Gasteiger partial charge in [-0.05, 0) is 28.1 Å². The predicted octanol–water partition coefficient (Wildman–Crippen LogP) is 3.51. The number of hydrogen-bond acceptors (Lipinski definition) is 4. The summed E-state index contributed by atoms with van der Waals surface area (Å²) < 4.78 is 6.13. The average Bonchev–Trinajstić information content (AvgIpc) is 2.37. The van der Waals surface area contributed by atoms with Gasteiger partial charge in [-0.15, -0.1) is 0 Å². The van der Waals surface area contributed by atoms with Crippen LogP contribution >= 0.6 is 27.5 Å². The first-order valence-corrected chi connectivity index (χ1v) is 6.38. The Morgan fingerprint density at radius 1 is 1.33 bits per heavy atom. The number of nitrogens with one attached hydrogen (secondary N) is 1. The molecule has 1 N–H and O–H groups in total. The Morgan fingerprint density at radius 2 is 2.06 bits per heavy atom. The Balaban J connectivity index is 2.18. The fourth-order valence-corrected chi connectivity index (χ4v) is 2.49. The number of anilines is 1. The van der Waals surface area contributed by atoms with E-state index >= 15 is 0 Å². The molecule has 2 aromatic rings. The van der Waals surface area contributed by atoms with Gasteiger partial charge in [0.25, 0.3) is 0 Å². The Kier molecular flexibility index (Phi) is 4.38. The topological polar surface area (TPSA) is 47.0 Å². The molecular weight excluding hydrogens is 318 g/mol. The van der Waals surface area contributed by atoms with E-state index in [1.807, 2.05) is 6.07 Å². The molecule has 94 valence electrons. The molecule has 1 heterocycles. The van der Waals surface area contributed by atoms with Crippen LogP contribution in [0.25, 0.3) is 0 Å². The van der Waals surface area contributed by atoms with Crippen molar-refractivity contribution in [3.8, 4) is 5.75 Å². The molecule has 0 radical (unpaired) electrons. The van der Waals surface area contributed by atoms with Crippen molar-refractivity contribution in [3.63, 3.8) is 0 Å². The van der Waals surface area contributed by atoms with Gasteiger partial charge in [-0.3, -0.25) is 0 Å². The summed E-state index contributed by atoms with van der Waals surface area (Å²) in [5.41, 5.74) is 1.80. The summed E-state index contributed by atoms with van der Waals surface area (Å²) in [5.74, 6) is 0.719. The summed E-state index contributed by atoms with van der Waals surface area (Å²) in [4.78, 5) is 7.91. The molecular formula is C12H11BrClN3O. The van der Waals surface area contributed by atoms with Crippen LogP contribution in [0.3, 0.4) is 0 Å². The van der Waals surface area contributed by atoms with E-state index in [0.717, 1.165) is 21.5 Å². The van der Waals surface area contributed by atoms with E-state index in [0.29, 0.717) is 11.6 Å². The van der Waals surface area contributed by atoms with Gasteiger partial charge in [-0.1, -0.05) is 11.6 Å². The third-order valence-electron chi connectivity index (χ3n) is 2.31. The highest BCUT2D eigenvalue weighted by Gasteiger charge is 2.09. The van der Waals surface area contributed by atoms with E-state index in [9.17, 15) is 0 Å². The molecule has 0 atom stereocenters. The third-order valence-corrected chi connectivity index (χ3v) is 3.12. The highest BCUT2D eigenvalue weighted by molar-refractivity contribution is 9.10. The summed E-state index contributed by atoms with van der Waals surface area (Å²) in [6.07, 6.45) is 5.01. The number of aromatic nitrogens is 2. The van der Waals surface area contributed by atoms with Crippen molar-refractivity contribution in [2.75, 3.05) is 12.4 Å². The van der Waals surface area contributed by atoms with Gasteiger partial charge in [-0.25, -0.2) is 9.97 Å². The highest BCUT2D eigenvalue weighted by Crippen LogP contribution is 2.36. The molecule has 0 bridgehead atoms. The van der Waals surface area contributed by atoms with Crippen LogP contribution in [0.1, 0.15) is 5.56 Å². The third kappa shape index (κ3) is 3.11. The van der Waals surface area contributed by atoms with Crippen molar-refractivity contribution in [1.82, 2.24) is 9.97 Å². The largest absolute Gasteiger partial charge is 0.493 e. The Hall–Kier alpha value is -1.33. The van der Waals surface area contributed by atoms with Crippen LogP contribution < -0.4 is 10.1 Å². The molecule has 6 heteroatoms. The van der Waals surface area contributed by atoms with Crippen LogP contribution in [0.15, 0.2) is 35.3 Å². The van der Waals surface area contributed by atoms with Crippen molar-refractivity contribution in [2.45, 2.75) is 6.54 Å². The maximum Gasteiger partial charge on any atom is 0.156 e. The van der Waals surface area contributed by atoms with Gasteiger partial charge in [0.15, 0.2) is 5.75 Å². The fourth-order valence-electron chi connectivity index (χ4n) is 1.52. The summed E-state index contributed by atoms with van der Waals surface area (Å²) >= 11 is 9.42. The second-order valence-electron chi connectivity index (χ2n) is 3.57. The van der Waals surface area contributed by atoms with E-state index in [1.165, 1.54) is 6.33 Å². The number of rotatable bonds is 4. The van der Waals surface area contributed by atoms with Crippen LogP contribution in [-0.2, 0) is 6.54 Å². The van der Waals surface area contributed by atoms with Gasteiger partial charge >= 0.3 is 0 Å². The standard InChI is InChI=1S/C12H11BrClN3O/c1-18-12-10(13)2-9(14)3-11(12)17-6-8-4-15-7-16-5-8/h2-5,7,17H,6H2,1H3. The van der Waals surface area contributed by atoms with Crippen LogP contribution in [0.5, 0.6) is 5.75 Å². The first-order valence-electron chi connectivity index (χ1n) is 5.21. The molecule has 4 nitrogen and oxygen atoms in total. The van der Waals surface area contributed by atoms with Crippen molar-refractivity contribution in [2.24, 2.45) is 0 Å². The van der Waals surface area contributed by atoms with Gasteiger partial charge in [-0.2, -0.15) is 0 Å². The Labute approximate surface area is 118 Å². The van der Waals surface area contributed by atoms with Gasteiger partial charge in [0.1, 0.15) is 6.33 Å². The summed E-state index contributed by atoms with van der Waals surface area (Å²) in [7, 11) is 1.62. The van der Waals surface area contributed by atoms with Crippen molar-refractivity contribution < 1.29 is 4.74 Å². The number of methoxy groups -OCH3 is 1. The second-order valence-corrected chi connectivity index (χ2v) is 4.86. The van der Waals surface area contributed by atoms with Crippen LogP contribution in [0, 0.1) is 0 Å². The predicted molar refractivity (Wildman–Crippen MR) is 75.1 cm³/mol. The quantitative estimate of drug-likeness (QED) is 0.933. The van der Waals surface area contributed by atoms with E-state index in [1.54, 1.807) is 25.6 Å². The van der Waals surface area contributed by atoms with E-state index < -0.39 is 0 Å². The van der Waals surface area contributed by atoms with Crippen molar-refractivity contribution in [3.05, 3.63) is 45.9 Å². The number of nitrogens with zero attached hydrogens (tertiary/aromatic N) is 2. The molecule has 2 rings (SSSR count). The molecule has 0 aliphatic rings. The van der Waals surface area contributed by atoms with E-state index in [4.69, 9.17) is 16.3 Å². The summed E-state index contributed by atoms with van der Waals surface area (Å²) in [6, 6.07) is 3.60. The molecule has 1 aromatic carbocycles.